The fourth-order valence-corrected chi connectivity index (χ4v) is 1.28. The number of halogens is 1. The normalized spacial score (nSPS) is 9.57. The predicted octanol–water partition coefficient (Wildman–Crippen LogP) is 2.99. The lowest BCUT2D eigenvalue weighted by molar-refractivity contribution is -0.131. The summed E-state index contributed by atoms with van der Waals surface area (Å²) >= 11 is 5.69. The lowest BCUT2D eigenvalue weighted by Crippen LogP contribution is -2.03. The van der Waals surface area contributed by atoms with Gasteiger partial charge < -0.3 is 4.74 Å². The molecule has 0 aromatic heterocycles. The van der Waals surface area contributed by atoms with Crippen LogP contribution in [0.1, 0.15) is 18.1 Å². The van der Waals surface area contributed by atoms with Crippen molar-refractivity contribution in [3.8, 4) is 5.75 Å². The van der Waals surface area contributed by atoms with E-state index in [2.05, 4.69) is 6.58 Å². The molecular weight excluding hydrogens is 200 g/mol. The van der Waals surface area contributed by atoms with Crippen LogP contribution in [-0.2, 0) is 10.7 Å². The Morgan fingerprint density at radius 3 is 2.86 bits per heavy atom. The Bertz CT molecular complexity index is 358. The average molecular weight is 211 g/mol. The summed E-state index contributed by atoms with van der Waals surface area (Å²) in [6.07, 6.45) is 1.69. The molecule has 0 aliphatic rings. The van der Waals surface area contributed by atoms with Crippen LogP contribution in [0.4, 0.5) is 0 Å². The molecule has 2 nitrogen and oxygen atoms in total. The molecule has 0 bridgehead atoms. The van der Waals surface area contributed by atoms with Crippen LogP contribution in [0.25, 0.3) is 6.08 Å². The van der Waals surface area contributed by atoms with Gasteiger partial charge in [0.1, 0.15) is 5.75 Å². The van der Waals surface area contributed by atoms with Crippen LogP contribution in [0.15, 0.2) is 24.8 Å². The molecule has 0 amide bonds. The van der Waals surface area contributed by atoms with Gasteiger partial charge in [0.25, 0.3) is 0 Å². The molecule has 1 aromatic carbocycles. The van der Waals surface area contributed by atoms with Gasteiger partial charge in [0.2, 0.25) is 0 Å². The zero-order valence-electron chi connectivity index (χ0n) is 7.92. The molecule has 0 heterocycles. The first-order chi connectivity index (χ1) is 6.67. The molecule has 0 atom stereocenters. The Morgan fingerprint density at radius 2 is 2.36 bits per heavy atom. The molecule has 0 aliphatic carbocycles. The largest absolute Gasteiger partial charge is 0.426 e. The number of hydrogen-bond acceptors (Lipinski definition) is 2. The SMILES string of the molecule is C=Cc1ccc(CCl)c(OC(C)=O)c1. The van der Waals surface area contributed by atoms with Crippen molar-refractivity contribution in [2.24, 2.45) is 0 Å². The molecule has 0 saturated carbocycles. The van der Waals surface area contributed by atoms with Crippen molar-refractivity contribution in [3.63, 3.8) is 0 Å². The van der Waals surface area contributed by atoms with Gasteiger partial charge in [-0.15, -0.1) is 11.6 Å². The van der Waals surface area contributed by atoms with Crippen LogP contribution in [0.5, 0.6) is 5.75 Å². The van der Waals surface area contributed by atoms with Gasteiger partial charge in [0.05, 0.1) is 5.88 Å². The molecule has 0 fully saturated rings. The van der Waals surface area contributed by atoms with Gasteiger partial charge in [0, 0.05) is 12.5 Å². The number of esters is 1. The van der Waals surface area contributed by atoms with E-state index in [1.165, 1.54) is 6.92 Å². The number of hydrogen-bond donors (Lipinski definition) is 0. The second-order valence-electron chi connectivity index (χ2n) is 2.80. The van der Waals surface area contributed by atoms with E-state index < -0.39 is 0 Å². The summed E-state index contributed by atoms with van der Waals surface area (Å²) in [4.78, 5) is 10.8. The summed E-state index contributed by atoms with van der Waals surface area (Å²) in [5, 5.41) is 0. The van der Waals surface area contributed by atoms with Gasteiger partial charge >= 0.3 is 5.97 Å². The van der Waals surface area contributed by atoms with Crippen molar-refractivity contribution in [2.45, 2.75) is 12.8 Å². The molecule has 0 unspecified atom stereocenters. The topological polar surface area (TPSA) is 26.3 Å². The lowest BCUT2D eigenvalue weighted by Gasteiger charge is -2.07. The monoisotopic (exact) mass is 210 g/mol. The van der Waals surface area contributed by atoms with Crippen molar-refractivity contribution in [2.75, 3.05) is 0 Å². The van der Waals surface area contributed by atoms with E-state index in [4.69, 9.17) is 16.3 Å². The predicted molar refractivity (Wildman–Crippen MR) is 57.4 cm³/mol. The third-order valence-electron chi connectivity index (χ3n) is 1.72. The summed E-state index contributed by atoms with van der Waals surface area (Å²) in [6.45, 7) is 4.99. The zero-order valence-corrected chi connectivity index (χ0v) is 8.67. The molecule has 74 valence electrons. The third kappa shape index (κ3) is 2.60. The highest BCUT2D eigenvalue weighted by Crippen LogP contribution is 2.22. The second-order valence-corrected chi connectivity index (χ2v) is 3.07. The molecule has 0 spiro atoms. The van der Waals surface area contributed by atoms with Crippen LogP contribution >= 0.6 is 11.6 Å². The van der Waals surface area contributed by atoms with E-state index in [1.807, 2.05) is 12.1 Å². The summed E-state index contributed by atoms with van der Waals surface area (Å²) in [5.41, 5.74) is 1.70. The minimum atomic E-state index is -0.349. The van der Waals surface area contributed by atoms with E-state index in [0.717, 1.165) is 11.1 Å². The van der Waals surface area contributed by atoms with E-state index >= 15 is 0 Å². The van der Waals surface area contributed by atoms with Gasteiger partial charge in [-0.05, 0) is 11.6 Å². The first kappa shape index (κ1) is 10.8. The van der Waals surface area contributed by atoms with Crippen molar-refractivity contribution >= 4 is 23.6 Å². The van der Waals surface area contributed by atoms with Crippen LogP contribution in [0.3, 0.4) is 0 Å². The van der Waals surface area contributed by atoms with Crippen LogP contribution in [0, 0.1) is 0 Å². The minimum absolute atomic E-state index is 0.319. The lowest BCUT2D eigenvalue weighted by atomic mass is 10.1. The molecular formula is C11H11ClO2. The quantitative estimate of drug-likeness (QED) is 0.436. The van der Waals surface area contributed by atoms with Crippen molar-refractivity contribution in [3.05, 3.63) is 35.9 Å². The number of carbonyl (C=O) groups excluding carboxylic acids is 1. The van der Waals surface area contributed by atoms with E-state index in [1.54, 1.807) is 12.1 Å². The Kier molecular flexibility index (Phi) is 3.72. The number of alkyl halides is 1. The first-order valence-corrected chi connectivity index (χ1v) is 4.70. The number of ether oxygens (including phenoxy) is 1. The summed E-state index contributed by atoms with van der Waals surface area (Å²) in [6, 6.07) is 5.44. The molecule has 0 aliphatic heterocycles. The van der Waals surface area contributed by atoms with Gasteiger partial charge in [0.15, 0.2) is 0 Å². The van der Waals surface area contributed by atoms with Crippen LogP contribution in [-0.4, -0.2) is 5.97 Å². The number of carbonyl (C=O) groups is 1. The van der Waals surface area contributed by atoms with Crippen molar-refractivity contribution in [1.29, 1.82) is 0 Å². The van der Waals surface area contributed by atoms with Gasteiger partial charge in [-0.25, -0.2) is 0 Å². The molecule has 14 heavy (non-hydrogen) atoms. The molecule has 0 N–H and O–H groups in total. The van der Waals surface area contributed by atoms with Gasteiger partial charge in [-0.2, -0.15) is 0 Å². The second kappa shape index (κ2) is 4.82. The molecule has 1 aromatic rings. The van der Waals surface area contributed by atoms with Gasteiger partial charge in [-0.1, -0.05) is 24.8 Å². The van der Waals surface area contributed by atoms with Crippen molar-refractivity contribution < 1.29 is 9.53 Å². The van der Waals surface area contributed by atoms with E-state index in [-0.39, 0.29) is 5.97 Å². The third-order valence-corrected chi connectivity index (χ3v) is 2.01. The smallest absolute Gasteiger partial charge is 0.308 e. The Hall–Kier alpha value is -1.28. The number of benzene rings is 1. The highest BCUT2D eigenvalue weighted by atomic mass is 35.5. The highest BCUT2D eigenvalue weighted by molar-refractivity contribution is 6.17. The van der Waals surface area contributed by atoms with E-state index in [0.29, 0.717) is 11.6 Å². The fourth-order valence-electron chi connectivity index (χ4n) is 1.06. The summed E-state index contributed by atoms with van der Waals surface area (Å²) < 4.78 is 5.01. The van der Waals surface area contributed by atoms with E-state index in [9.17, 15) is 4.79 Å². The maximum atomic E-state index is 10.8. The molecule has 0 radical (unpaired) electrons. The Morgan fingerprint density at radius 1 is 1.64 bits per heavy atom. The highest BCUT2D eigenvalue weighted by Gasteiger charge is 2.05. The van der Waals surface area contributed by atoms with Crippen LogP contribution < -0.4 is 4.74 Å². The Labute approximate surface area is 88.1 Å². The first-order valence-electron chi connectivity index (χ1n) is 4.17. The average Bonchev–Trinajstić information content (AvgIpc) is 2.16. The Balaban J connectivity index is 3.07. The maximum Gasteiger partial charge on any atom is 0.308 e. The zero-order chi connectivity index (χ0) is 10.6. The van der Waals surface area contributed by atoms with Crippen molar-refractivity contribution in [1.82, 2.24) is 0 Å². The minimum Gasteiger partial charge on any atom is -0.426 e. The van der Waals surface area contributed by atoms with Crippen LogP contribution in [0.2, 0.25) is 0 Å². The maximum absolute atomic E-state index is 10.8. The molecule has 1 rings (SSSR count). The summed E-state index contributed by atoms with van der Waals surface area (Å²) in [5.74, 6) is 0.475. The fraction of sp³-hybridized carbons (Fsp3) is 0.182. The standard InChI is InChI=1S/C11H11ClO2/c1-3-9-4-5-10(7-12)11(6-9)14-8(2)13/h3-6H,1,7H2,2H3. The molecule has 0 saturated heterocycles. The summed E-state index contributed by atoms with van der Waals surface area (Å²) in [7, 11) is 0. The number of rotatable bonds is 3. The molecule has 3 heteroatoms. The van der Waals surface area contributed by atoms with Gasteiger partial charge in [-0.3, -0.25) is 4.79 Å².